The van der Waals surface area contributed by atoms with E-state index in [0.717, 1.165) is 23.7 Å². The molecule has 1 aromatic rings. The van der Waals surface area contributed by atoms with Gasteiger partial charge in [0.15, 0.2) is 0 Å². The van der Waals surface area contributed by atoms with Crippen LogP contribution in [-0.4, -0.2) is 62.9 Å². The van der Waals surface area contributed by atoms with E-state index in [9.17, 15) is 18.0 Å². The Kier molecular flexibility index (Phi) is 7.44. The van der Waals surface area contributed by atoms with Crippen molar-refractivity contribution in [2.24, 2.45) is 0 Å². The summed E-state index contributed by atoms with van der Waals surface area (Å²) in [5.41, 5.74) is 0.318. The fraction of sp³-hybridized carbons (Fsp3) is 0.556. The van der Waals surface area contributed by atoms with Gasteiger partial charge >= 0.3 is 0 Å². The quantitative estimate of drug-likeness (QED) is 0.671. The van der Waals surface area contributed by atoms with Crippen LogP contribution in [-0.2, 0) is 14.8 Å². The lowest BCUT2D eigenvalue weighted by Gasteiger charge is -2.18. The molecule has 0 bridgehead atoms. The first-order valence-corrected chi connectivity index (χ1v) is 10.6. The van der Waals surface area contributed by atoms with Crippen molar-refractivity contribution >= 4 is 34.2 Å². The van der Waals surface area contributed by atoms with Gasteiger partial charge in [-0.25, -0.2) is 12.7 Å². The van der Waals surface area contributed by atoms with Crippen molar-refractivity contribution in [1.82, 2.24) is 14.9 Å². The van der Waals surface area contributed by atoms with Crippen LogP contribution in [0.15, 0.2) is 23.1 Å². The Hall–Kier alpha value is -1.68. The fourth-order valence-corrected chi connectivity index (χ4v) is 4.96. The number of halogens is 1. The van der Waals surface area contributed by atoms with E-state index in [2.05, 4.69) is 10.6 Å². The molecule has 0 aromatic heterocycles. The molecule has 2 amide bonds. The van der Waals surface area contributed by atoms with Crippen LogP contribution < -0.4 is 10.6 Å². The zero-order valence-electron chi connectivity index (χ0n) is 15.9. The lowest BCUT2D eigenvalue weighted by molar-refractivity contribution is 0.0707. The predicted molar refractivity (Wildman–Crippen MR) is 106 cm³/mol. The van der Waals surface area contributed by atoms with Gasteiger partial charge in [-0.3, -0.25) is 9.59 Å². The van der Waals surface area contributed by atoms with Gasteiger partial charge in [-0.2, -0.15) is 0 Å². The van der Waals surface area contributed by atoms with Crippen LogP contribution in [0, 0.1) is 0 Å². The number of sulfonamides is 1. The predicted octanol–water partition coefficient (Wildman–Crippen LogP) is 1.16. The van der Waals surface area contributed by atoms with E-state index in [1.54, 1.807) is 0 Å². The molecule has 2 heterocycles. The molecular weight excluding hydrogens is 406 g/mol. The minimum absolute atomic E-state index is 0. The van der Waals surface area contributed by atoms with Crippen molar-refractivity contribution in [2.45, 2.75) is 43.7 Å². The standard InChI is InChI=1S/C18H25N3O5S.ClH/c1-3-19-12(2)10-20-17(22)13-6-7-15-16(9-13)27(24,25)21(18(15)23)11-14-5-4-8-26-14;/h6-7,9,12,14,19H,3-5,8,10-11H2,1-2H3,(H,20,22);1H/t12-,14?;/m1./s1. The van der Waals surface area contributed by atoms with Crippen molar-refractivity contribution in [1.29, 1.82) is 0 Å². The maximum absolute atomic E-state index is 12.8. The summed E-state index contributed by atoms with van der Waals surface area (Å²) in [6, 6.07) is 4.27. The molecular formula is C18H26ClN3O5S. The van der Waals surface area contributed by atoms with Gasteiger partial charge in [0.2, 0.25) is 0 Å². The second-order valence-corrected chi connectivity index (χ2v) is 8.69. The van der Waals surface area contributed by atoms with Crippen LogP contribution >= 0.6 is 12.4 Å². The second kappa shape index (κ2) is 9.21. The van der Waals surface area contributed by atoms with E-state index in [0.29, 0.717) is 13.2 Å². The Balaban J connectivity index is 0.00000280. The third-order valence-electron chi connectivity index (χ3n) is 4.78. The summed E-state index contributed by atoms with van der Waals surface area (Å²) in [6.45, 7) is 5.71. The average Bonchev–Trinajstić information content (AvgIpc) is 3.22. The highest BCUT2D eigenvalue weighted by Crippen LogP contribution is 2.32. The van der Waals surface area contributed by atoms with Gasteiger partial charge in [0.05, 0.1) is 18.2 Å². The second-order valence-electron chi connectivity index (χ2n) is 6.86. The Morgan fingerprint density at radius 3 is 2.79 bits per heavy atom. The third-order valence-corrected chi connectivity index (χ3v) is 6.57. The highest BCUT2D eigenvalue weighted by atomic mass is 35.5. The summed E-state index contributed by atoms with van der Waals surface area (Å²) in [5, 5.41) is 5.95. The number of fused-ring (bicyclic) bond motifs is 1. The fourth-order valence-electron chi connectivity index (χ4n) is 3.34. The molecule has 10 heteroatoms. The average molecular weight is 432 g/mol. The lowest BCUT2D eigenvalue weighted by atomic mass is 10.1. The molecule has 3 rings (SSSR count). The van der Waals surface area contributed by atoms with Gasteiger partial charge < -0.3 is 15.4 Å². The van der Waals surface area contributed by atoms with Crippen molar-refractivity contribution in [3.8, 4) is 0 Å². The van der Waals surface area contributed by atoms with Gasteiger partial charge in [0.1, 0.15) is 4.90 Å². The number of nitrogens with one attached hydrogen (secondary N) is 2. The first-order chi connectivity index (χ1) is 12.8. The number of nitrogens with zero attached hydrogens (tertiary/aromatic N) is 1. The Bertz CT molecular complexity index is 840. The Morgan fingerprint density at radius 1 is 1.39 bits per heavy atom. The van der Waals surface area contributed by atoms with E-state index in [-0.39, 0.29) is 53.0 Å². The van der Waals surface area contributed by atoms with Crippen LogP contribution in [0.2, 0.25) is 0 Å². The molecule has 1 aromatic carbocycles. The maximum Gasteiger partial charge on any atom is 0.269 e. The van der Waals surface area contributed by atoms with E-state index >= 15 is 0 Å². The van der Waals surface area contributed by atoms with Crippen LogP contribution in [0.5, 0.6) is 0 Å². The summed E-state index contributed by atoms with van der Waals surface area (Å²) in [4.78, 5) is 24.8. The van der Waals surface area contributed by atoms with Crippen molar-refractivity contribution in [3.05, 3.63) is 29.3 Å². The molecule has 1 saturated heterocycles. The molecule has 1 fully saturated rings. The van der Waals surface area contributed by atoms with Crippen LogP contribution in [0.4, 0.5) is 0 Å². The molecule has 2 aliphatic heterocycles. The summed E-state index contributed by atoms with van der Waals surface area (Å²) >= 11 is 0. The van der Waals surface area contributed by atoms with Gasteiger partial charge in [-0.15, -0.1) is 12.4 Å². The molecule has 2 N–H and O–H groups in total. The number of hydrogen-bond donors (Lipinski definition) is 2. The molecule has 0 radical (unpaired) electrons. The summed E-state index contributed by atoms with van der Waals surface area (Å²) in [5.74, 6) is -0.934. The number of ether oxygens (including phenoxy) is 1. The molecule has 0 aliphatic carbocycles. The Morgan fingerprint density at radius 2 is 2.14 bits per heavy atom. The largest absolute Gasteiger partial charge is 0.376 e. The van der Waals surface area contributed by atoms with Gasteiger partial charge in [-0.05, 0) is 44.5 Å². The monoisotopic (exact) mass is 431 g/mol. The van der Waals surface area contributed by atoms with Crippen LogP contribution in [0.3, 0.4) is 0 Å². The lowest BCUT2D eigenvalue weighted by Crippen LogP contribution is -2.38. The molecule has 0 saturated carbocycles. The molecule has 0 spiro atoms. The van der Waals surface area contributed by atoms with Gasteiger partial charge in [0.25, 0.3) is 21.8 Å². The number of rotatable bonds is 7. The van der Waals surface area contributed by atoms with Crippen molar-refractivity contribution in [2.75, 3.05) is 26.2 Å². The number of carbonyl (C=O) groups excluding carboxylic acids is 2. The minimum Gasteiger partial charge on any atom is -0.376 e. The normalized spacial score (nSPS) is 21.1. The summed E-state index contributed by atoms with van der Waals surface area (Å²) in [6.07, 6.45) is 1.32. The number of likely N-dealkylation sites (N-methyl/N-ethyl adjacent to an activating group) is 1. The third kappa shape index (κ3) is 4.48. The van der Waals surface area contributed by atoms with Crippen LogP contribution in [0.25, 0.3) is 0 Å². The highest BCUT2D eigenvalue weighted by molar-refractivity contribution is 7.90. The van der Waals surface area contributed by atoms with E-state index in [1.165, 1.54) is 18.2 Å². The van der Waals surface area contributed by atoms with Gasteiger partial charge in [-0.1, -0.05) is 6.92 Å². The van der Waals surface area contributed by atoms with Crippen molar-refractivity contribution in [3.63, 3.8) is 0 Å². The highest BCUT2D eigenvalue weighted by Gasteiger charge is 2.43. The minimum atomic E-state index is -3.97. The van der Waals surface area contributed by atoms with Crippen molar-refractivity contribution < 1.29 is 22.7 Å². The van der Waals surface area contributed by atoms with E-state index in [4.69, 9.17) is 4.74 Å². The maximum atomic E-state index is 12.8. The first kappa shape index (κ1) is 22.6. The van der Waals surface area contributed by atoms with E-state index in [1.807, 2.05) is 13.8 Å². The van der Waals surface area contributed by atoms with Gasteiger partial charge in [0, 0.05) is 24.8 Å². The number of hydrogen-bond acceptors (Lipinski definition) is 6. The molecule has 156 valence electrons. The van der Waals surface area contributed by atoms with E-state index < -0.39 is 15.9 Å². The number of benzene rings is 1. The zero-order valence-corrected chi connectivity index (χ0v) is 17.6. The summed E-state index contributed by atoms with van der Waals surface area (Å²) in [7, 11) is -3.97. The molecule has 2 aliphatic rings. The number of amides is 2. The summed E-state index contributed by atoms with van der Waals surface area (Å²) < 4.78 is 32.0. The van der Waals surface area contributed by atoms with Crippen LogP contribution in [0.1, 0.15) is 47.4 Å². The topological polar surface area (TPSA) is 105 Å². The first-order valence-electron chi connectivity index (χ1n) is 9.19. The molecule has 1 unspecified atom stereocenters. The Labute approximate surface area is 171 Å². The molecule has 28 heavy (non-hydrogen) atoms. The smallest absolute Gasteiger partial charge is 0.269 e. The number of carbonyl (C=O) groups is 2. The SMILES string of the molecule is CCN[C@H](C)CNC(=O)c1ccc2c(c1)S(=O)(=O)N(CC1CCCO1)C2=O.Cl. The molecule has 2 atom stereocenters. The molecule has 8 nitrogen and oxygen atoms in total. The zero-order chi connectivity index (χ0) is 19.6.